The Morgan fingerprint density at radius 1 is 1.33 bits per heavy atom. The molecule has 2 N–H and O–H groups in total. The number of nitrogens with one attached hydrogen (secondary N) is 2. The van der Waals surface area contributed by atoms with Gasteiger partial charge >= 0.3 is 6.03 Å². The topological polar surface area (TPSA) is 44.4 Å². The van der Waals surface area contributed by atoms with Crippen LogP contribution < -0.4 is 10.6 Å². The van der Waals surface area contributed by atoms with E-state index in [0.717, 1.165) is 25.2 Å². The summed E-state index contributed by atoms with van der Waals surface area (Å²) in [5.74, 6) is 1.27. The maximum atomic E-state index is 12.3. The number of carbonyl (C=O) groups is 1. The first-order valence-electron chi connectivity index (χ1n) is 7.84. The summed E-state index contributed by atoms with van der Waals surface area (Å²) >= 11 is 0. The number of rotatable bonds is 4. The largest absolute Gasteiger partial charge is 0.324 e. The first-order chi connectivity index (χ1) is 10.0. The van der Waals surface area contributed by atoms with E-state index in [2.05, 4.69) is 37.5 Å². The molecule has 1 aromatic carbocycles. The zero-order valence-electron chi connectivity index (χ0n) is 13.5. The van der Waals surface area contributed by atoms with Gasteiger partial charge in [-0.05, 0) is 49.9 Å². The van der Waals surface area contributed by atoms with E-state index in [9.17, 15) is 4.79 Å². The van der Waals surface area contributed by atoms with Gasteiger partial charge in [-0.3, -0.25) is 0 Å². The predicted molar refractivity (Wildman–Crippen MR) is 87.5 cm³/mol. The maximum Gasteiger partial charge on any atom is 0.321 e. The Balaban J connectivity index is 1.97. The molecule has 0 aromatic heterocycles. The van der Waals surface area contributed by atoms with Crippen molar-refractivity contribution in [1.29, 1.82) is 0 Å². The number of anilines is 1. The van der Waals surface area contributed by atoms with Crippen molar-refractivity contribution >= 4 is 11.7 Å². The van der Waals surface area contributed by atoms with Gasteiger partial charge in [0.05, 0.1) is 0 Å². The van der Waals surface area contributed by atoms with Crippen LogP contribution in [-0.4, -0.2) is 31.1 Å². The molecule has 4 heteroatoms. The van der Waals surface area contributed by atoms with Gasteiger partial charge < -0.3 is 15.5 Å². The van der Waals surface area contributed by atoms with Gasteiger partial charge in [0.15, 0.2) is 0 Å². The van der Waals surface area contributed by atoms with Crippen molar-refractivity contribution in [3.63, 3.8) is 0 Å². The van der Waals surface area contributed by atoms with E-state index in [0.29, 0.717) is 11.8 Å². The van der Waals surface area contributed by atoms with Crippen LogP contribution in [-0.2, 0) is 0 Å². The second-order valence-corrected chi connectivity index (χ2v) is 6.30. The molecular formula is C17H27N3O. The quantitative estimate of drug-likeness (QED) is 0.891. The van der Waals surface area contributed by atoms with Gasteiger partial charge in [0.1, 0.15) is 0 Å². The minimum Gasteiger partial charge on any atom is -0.324 e. The van der Waals surface area contributed by atoms with Crippen molar-refractivity contribution in [1.82, 2.24) is 10.2 Å². The van der Waals surface area contributed by atoms with Crippen LogP contribution in [0, 0.1) is 11.8 Å². The fourth-order valence-corrected chi connectivity index (χ4v) is 2.77. The van der Waals surface area contributed by atoms with Crippen LogP contribution in [0.15, 0.2) is 24.3 Å². The van der Waals surface area contributed by atoms with E-state index in [1.807, 2.05) is 30.1 Å². The summed E-state index contributed by atoms with van der Waals surface area (Å²) in [6.07, 6.45) is 1.11. The highest BCUT2D eigenvalue weighted by Crippen LogP contribution is 2.24. The lowest BCUT2D eigenvalue weighted by atomic mass is 9.95. The Bertz CT molecular complexity index is 487. The van der Waals surface area contributed by atoms with Crippen molar-refractivity contribution in [3.8, 4) is 0 Å². The molecule has 4 nitrogen and oxygen atoms in total. The molecule has 1 aliphatic heterocycles. The Morgan fingerprint density at radius 2 is 2.10 bits per heavy atom. The van der Waals surface area contributed by atoms with E-state index < -0.39 is 0 Å². The summed E-state index contributed by atoms with van der Waals surface area (Å²) in [6.45, 7) is 8.30. The van der Waals surface area contributed by atoms with Crippen molar-refractivity contribution in [2.24, 2.45) is 11.8 Å². The van der Waals surface area contributed by atoms with Gasteiger partial charge in [-0.25, -0.2) is 4.79 Å². The number of urea groups is 1. The molecule has 0 saturated carbocycles. The van der Waals surface area contributed by atoms with Crippen molar-refractivity contribution in [2.45, 2.75) is 33.2 Å². The van der Waals surface area contributed by atoms with Gasteiger partial charge in [-0.15, -0.1) is 0 Å². The number of nitrogens with zero attached hydrogens (tertiary/aromatic N) is 1. The number of carbonyl (C=O) groups excluding carboxylic acids is 1. The molecule has 1 aliphatic rings. The van der Waals surface area contributed by atoms with Gasteiger partial charge in [0.25, 0.3) is 0 Å². The van der Waals surface area contributed by atoms with Crippen molar-refractivity contribution in [3.05, 3.63) is 29.8 Å². The zero-order chi connectivity index (χ0) is 15.4. The van der Waals surface area contributed by atoms with E-state index >= 15 is 0 Å². The lowest BCUT2D eigenvalue weighted by Crippen LogP contribution is -2.33. The smallest absolute Gasteiger partial charge is 0.321 e. The molecule has 0 bridgehead atoms. The number of likely N-dealkylation sites (tertiary alicyclic amines) is 1. The summed E-state index contributed by atoms with van der Waals surface area (Å²) in [4.78, 5) is 14.3. The second kappa shape index (κ2) is 6.94. The zero-order valence-corrected chi connectivity index (χ0v) is 13.5. The molecule has 1 aromatic rings. The number of amides is 2. The van der Waals surface area contributed by atoms with Crippen molar-refractivity contribution < 1.29 is 4.79 Å². The number of benzene rings is 1. The Kier molecular flexibility index (Phi) is 5.23. The average Bonchev–Trinajstić information content (AvgIpc) is 2.97. The van der Waals surface area contributed by atoms with E-state index in [4.69, 9.17) is 0 Å². The minimum atomic E-state index is 0.0208. The first-order valence-corrected chi connectivity index (χ1v) is 7.84. The lowest BCUT2D eigenvalue weighted by molar-refractivity contribution is 0.219. The molecule has 0 radical (unpaired) electrons. The van der Waals surface area contributed by atoms with Gasteiger partial charge in [-0.2, -0.15) is 0 Å². The second-order valence-electron chi connectivity index (χ2n) is 6.30. The summed E-state index contributed by atoms with van der Waals surface area (Å²) in [5, 5.41) is 6.23. The number of hydrogen-bond donors (Lipinski definition) is 2. The van der Waals surface area contributed by atoms with Gasteiger partial charge in [-0.1, -0.05) is 26.0 Å². The van der Waals surface area contributed by atoms with E-state index in [1.165, 1.54) is 5.56 Å². The van der Waals surface area contributed by atoms with Crippen LogP contribution in [0.3, 0.4) is 0 Å². The molecule has 2 atom stereocenters. The molecule has 2 rings (SSSR count). The molecule has 21 heavy (non-hydrogen) atoms. The molecular weight excluding hydrogens is 262 g/mol. The molecule has 0 spiro atoms. The predicted octanol–water partition coefficient (Wildman–Crippen LogP) is 3.48. The highest BCUT2D eigenvalue weighted by molar-refractivity contribution is 5.89. The Labute approximate surface area is 127 Å². The van der Waals surface area contributed by atoms with E-state index in [-0.39, 0.29) is 12.1 Å². The third kappa shape index (κ3) is 3.97. The lowest BCUT2D eigenvalue weighted by Gasteiger charge is -2.19. The molecule has 116 valence electrons. The summed E-state index contributed by atoms with van der Waals surface area (Å²) in [6, 6.07) is 8.34. The normalized spacial score (nSPS) is 19.9. The van der Waals surface area contributed by atoms with E-state index in [1.54, 1.807) is 0 Å². The molecule has 0 aliphatic carbocycles. The maximum absolute atomic E-state index is 12.3. The summed E-state index contributed by atoms with van der Waals surface area (Å²) < 4.78 is 0. The number of hydrogen-bond acceptors (Lipinski definition) is 2. The summed E-state index contributed by atoms with van der Waals surface area (Å²) in [5.41, 5.74) is 2.05. The van der Waals surface area contributed by atoms with Crippen LogP contribution in [0.2, 0.25) is 0 Å². The molecule has 2 amide bonds. The molecule has 2 unspecified atom stereocenters. The van der Waals surface area contributed by atoms with Crippen LogP contribution >= 0.6 is 0 Å². The van der Waals surface area contributed by atoms with Crippen LogP contribution in [0.1, 0.15) is 38.8 Å². The monoisotopic (exact) mass is 289 g/mol. The van der Waals surface area contributed by atoms with Crippen LogP contribution in [0.5, 0.6) is 0 Å². The van der Waals surface area contributed by atoms with Crippen LogP contribution in [0.25, 0.3) is 0 Å². The third-order valence-electron chi connectivity index (χ3n) is 4.53. The van der Waals surface area contributed by atoms with Crippen LogP contribution in [0.4, 0.5) is 10.5 Å². The Hall–Kier alpha value is -1.55. The highest BCUT2D eigenvalue weighted by atomic mass is 16.2. The molecule has 1 saturated heterocycles. The SMILES string of the molecule is CNC(C)c1cccc(NC(=O)N2CCC(C(C)C)C2)c1. The van der Waals surface area contributed by atoms with Gasteiger partial charge in [0.2, 0.25) is 0 Å². The fourth-order valence-electron chi connectivity index (χ4n) is 2.77. The molecule has 1 fully saturated rings. The Morgan fingerprint density at radius 3 is 2.71 bits per heavy atom. The standard InChI is InChI=1S/C17H27N3O/c1-12(2)15-8-9-20(11-15)17(21)19-16-7-5-6-14(10-16)13(3)18-4/h5-7,10,12-13,15,18H,8-9,11H2,1-4H3,(H,19,21). The van der Waals surface area contributed by atoms with Crippen molar-refractivity contribution in [2.75, 3.05) is 25.5 Å². The third-order valence-corrected chi connectivity index (χ3v) is 4.53. The highest BCUT2D eigenvalue weighted by Gasteiger charge is 2.28. The minimum absolute atomic E-state index is 0.0208. The van der Waals surface area contributed by atoms with Gasteiger partial charge in [0, 0.05) is 24.8 Å². The molecule has 1 heterocycles. The summed E-state index contributed by atoms with van der Waals surface area (Å²) in [7, 11) is 1.94. The average molecular weight is 289 g/mol. The first kappa shape index (κ1) is 15.8. The fraction of sp³-hybridized carbons (Fsp3) is 0.588.